The zero-order chi connectivity index (χ0) is 18.2. The molecule has 3 aromatic carbocycles. The molecule has 0 spiro atoms. The Hall–Kier alpha value is -2.85. The number of hydrogen-bond donors (Lipinski definition) is 3. The highest BCUT2D eigenvalue weighted by molar-refractivity contribution is 7.80. The van der Waals surface area contributed by atoms with Crippen molar-refractivity contribution >= 4 is 23.0 Å². The molecule has 4 heteroatoms. The van der Waals surface area contributed by atoms with Gasteiger partial charge >= 0.3 is 0 Å². The molecule has 0 saturated carbocycles. The van der Waals surface area contributed by atoms with Crippen LogP contribution in [0.15, 0.2) is 84.9 Å². The fourth-order valence-corrected chi connectivity index (χ4v) is 2.90. The van der Waals surface area contributed by atoms with Crippen molar-refractivity contribution in [2.45, 2.75) is 19.6 Å². The monoisotopic (exact) mass is 361 g/mol. The Balaban J connectivity index is 1.68. The molecule has 1 atom stereocenters. The van der Waals surface area contributed by atoms with Gasteiger partial charge in [0.05, 0.1) is 0 Å². The average Bonchev–Trinajstić information content (AvgIpc) is 2.67. The van der Waals surface area contributed by atoms with Crippen molar-refractivity contribution in [2.75, 3.05) is 5.32 Å². The first-order valence-electron chi connectivity index (χ1n) is 8.67. The summed E-state index contributed by atoms with van der Waals surface area (Å²) in [7, 11) is 0. The molecule has 0 aliphatic heterocycles. The molecule has 132 valence electrons. The van der Waals surface area contributed by atoms with Crippen LogP contribution in [0, 0.1) is 6.92 Å². The molecule has 0 bridgehead atoms. The van der Waals surface area contributed by atoms with Gasteiger partial charge in [-0.25, -0.2) is 0 Å². The highest BCUT2D eigenvalue weighted by atomic mass is 32.1. The largest absolute Gasteiger partial charge is 0.362 e. The summed E-state index contributed by atoms with van der Waals surface area (Å²) in [5.41, 5.74) is 4.58. The van der Waals surface area contributed by atoms with Crippen LogP contribution in [0.3, 0.4) is 0 Å². The molecule has 0 aliphatic rings. The van der Waals surface area contributed by atoms with E-state index in [1.807, 2.05) is 42.5 Å². The second-order valence-electron chi connectivity index (χ2n) is 6.17. The van der Waals surface area contributed by atoms with Crippen molar-refractivity contribution in [1.82, 2.24) is 10.6 Å². The first-order valence-corrected chi connectivity index (χ1v) is 9.08. The van der Waals surface area contributed by atoms with Gasteiger partial charge < -0.3 is 16.0 Å². The van der Waals surface area contributed by atoms with E-state index in [-0.39, 0.29) is 6.17 Å². The maximum absolute atomic E-state index is 5.51. The maximum Gasteiger partial charge on any atom is 0.168 e. The van der Waals surface area contributed by atoms with Crippen LogP contribution >= 0.6 is 12.2 Å². The van der Waals surface area contributed by atoms with Crippen LogP contribution in [0.2, 0.25) is 0 Å². The fourth-order valence-electron chi connectivity index (χ4n) is 2.71. The lowest BCUT2D eigenvalue weighted by Gasteiger charge is -2.24. The summed E-state index contributed by atoms with van der Waals surface area (Å²) in [6, 6.07) is 28.8. The minimum Gasteiger partial charge on any atom is -0.362 e. The zero-order valence-electron chi connectivity index (χ0n) is 14.8. The van der Waals surface area contributed by atoms with Gasteiger partial charge in [0, 0.05) is 12.2 Å². The van der Waals surface area contributed by atoms with E-state index in [1.54, 1.807) is 0 Å². The Morgan fingerprint density at radius 2 is 1.58 bits per heavy atom. The van der Waals surface area contributed by atoms with Gasteiger partial charge in [-0.15, -0.1) is 0 Å². The summed E-state index contributed by atoms with van der Waals surface area (Å²) in [6.45, 7) is 2.78. The molecule has 0 aromatic heterocycles. The van der Waals surface area contributed by atoms with Crippen molar-refractivity contribution in [2.24, 2.45) is 0 Å². The first-order chi connectivity index (χ1) is 12.7. The van der Waals surface area contributed by atoms with Crippen molar-refractivity contribution in [3.63, 3.8) is 0 Å². The summed E-state index contributed by atoms with van der Waals surface area (Å²) < 4.78 is 0. The fraction of sp³-hybridized carbons (Fsp3) is 0.136. The highest BCUT2D eigenvalue weighted by Crippen LogP contribution is 2.18. The number of hydrogen-bond acceptors (Lipinski definition) is 2. The summed E-state index contributed by atoms with van der Waals surface area (Å²) in [5.74, 6) is 0. The molecule has 0 heterocycles. The van der Waals surface area contributed by atoms with Gasteiger partial charge in [-0.3, -0.25) is 0 Å². The standard InChI is InChI=1S/C22H23N3S/c1-17-9-8-14-20(15-17)24-21(19-12-6-3-7-13-19)25-22(26)23-16-18-10-4-2-5-11-18/h2-15,21,24H,16H2,1H3,(H2,23,25,26). The van der Waals surface area contributed by atoms with Crippen LogP contribution in [0.1, 0.15) is 22.9 Å². The normalized spacial score (nSPS) is 11.4. The summed E-state index contributed by atoms with van der Waals surface area (Å²) in [6.07, 6.45) is -0.117. The number of benzene rings is 3. The molecule has 3 nitrogen and oxygen atoms in total. The Labute approximate surface area is 160 Å². The molecule has 0 amide bonds. The third-order valence-electron chi connectivity index (χ3n) is 4.03. The predicted octanol–water partition coefficient (Wildman–Crippen LogP) is 4.77. The second kappa shape index (κ2) is 9.02. The van der Waals surface area contributed by atoms with Crippen LogP contribution in [0.25, 0.3) is 0 Å². The minimum atomic E-state index is -0.117. The Kier molecular flexibility index (Phi) is 6.23. The topological polar surface area (TPSA) is 36.1 Å². The lowest BCUT2D eigenvalue weighted by atomic mass is 10.1. The van der Waals surface area contributed by atoms with Crippen LogP contribution in [0.5, 0.6) is 0 Å². The van der Waals surface area contributed by atoms with E-state index in [0.29, 0.717) is 11.7 Å². The van der Waals surface area contributed by atoms with Gasteiger partial charge in [0.25, 0.3) is 0 Å². The SMILES string of the molecule is Cc1cccc(NC(NC(=S)NCc2ccccc2)c2ccccc2)c1. The average molecular weight is 362 g/mol. The van der Waals surface area contributed by atoms with E-state index in [9.17, 15) is 0 Å². The molecule has 0 saturated heterocycles. The van der Waals surface area contributed by atoms with Crippen molar-refractivity contribution in [3.05, 3.63) is 102 Å². The number of anilines is 1. The number of rotatable bonds is 6. The third kappa shape index (κ3) is 5.33. The lowest BCUT2D eigenvalue weighted by Crippen LogP contribution is -2.40. The van der Waals surface area contributed by atoms with Gasteiger partial charge in [-0.2, -0.15) is 0 Å². The molecule has 26 heavy (non-hydrogen) atoms. The molecule has 0 radical (unpaired) electrons. The van der Waals surface area contributed by atoms with Crippen LogP contribution in [-0.4, -0.2) is 5.11 Å². The predicted molar refractivity (Wildman–Crippen MR) is 113 cm³/mol. The molecular weight excluding hydrogens is 338 g/mol. The van der Waals surface area contributed by atoms with E-state index in [2.05, 4.69) is 65.3 Å². The Morgan fingerprint density at radius 3 is 2.27 bits per heavy atom. The highest BCUT2D eigenvalue weighted by Gasteiger charge is 2.12. The van der Waals surface area contributed by atoms with Crippen molar-refractivity contribution in [1.29, 1.82) is 0 Å². The van der Waals surface area contributed by atoms with Gasteiger partial charge in [0.2, 0.25) is 0 Å². The molecule has 0 aliphatic carbocycles. The van der Waals surface area contributed by atoms with Crippen LogP contribution in [0.4, 0.5) is 5.69 Å². The van der Waals surface area contributed by atoms with Gasteiger partial charge in [0.1, 0.15) is 6.17 Å². The first kappa shape index (κ1) is 18.0. The van der Waals surface area contributed by atoms with E-state index in [4.69, 9.17) is 12.2 Å². The van der Waals surface area contributed by atoms with Crippen LogP contribution in [-0.2, 0) is 6.54 Å². The molecule has 3 aromatic rings. The molecule has 3 rings (SSSR count). The van der Waals surface area contributed by atoms with E-state index in [1.165, 1.54) is 11.1 Å². The maximum atomic E-state index is 5.51. The van der Waals surface area contributed by atoms with Gasteiger partial charge in [0.15, 0.2) is 5.11 Å². The third-order valence-corrected chi connectivity index (χ3v) is 4.30. The van der Waals surface area contributed by atoms with E-state index < -0.39 is 0 Å². The quantitative estimate of drug-likeness (QED) is 0.437. The van der Waals surface area contributed by atoms with Gasteiger partial charge in [-0.05, 0) is 48.0 Å². The molecule has 1 unspecified atom stereocenters. The van der Waals surface area contributed by atoms with Crippen LogP contribution < -0.4 is 16.0 Å². The molecule has 3 N–H and O–H groups in total. The van der Waals surface area contributed by atoms with E-state index in [0.717, 1.165) is 11.3 Å². The summed E-state index contributed by atoms with van der Waals surface area (Å²) >= 11 is 5.51. The summed E-state index contributed by atoms with van der Waals surface area (Å²) in [5, 5.41) is 10.8. The zero-order valence-corrected chi connectivity index (χ0v) is 15.6. The number of nitrogens with one attached hydrogen (secondary N) is 3. The van der Waals surface area contributed by atoms with Crippen molar-refractivity contribution < 1.29 is 0 Å². The smallest absolute Gasteiger partial charge is 0.168 e. The van der Waals surface area contributed by atoms with E-state index >= 15 is 0 Å². The Bertz CT molecular complexity index is 834. The molecular formula is C22H23N3S. The van der Waals surface area contributed by atoms with Gasteiger partial charge in [-0.1, -0.05) is 72.8 Å². The number of thiocarbonyl (C=S) groups is 1. The lowest BCUT2D eigenvalue weighted by molar-refractivity contribution is 0.712. The van der Waals surface area contributed by atoms with Crippen molar-refractivity contribution in [3.8, 4) is 0 Å². The minimum absolute atomic E-state index is 0.117. The molecule has 0 fully saturated rings. The second-order valence-corrected chi connectivity index (χ2v) is 6.58. The summed E-state index contributed by atoms with van der Waals surface area (Å²) in [4.78, 5) is 0. The number of aryl methyl sites for hydroxylation is 1. The Morgan fingerprint density at radius 1 is 0.885 bits per heavy atom.